The maximum atomic E-state index is 13.5. The third-order valence-electron chi connectivity index (χ3n) is 6.08. The predicted octanol–water partition coefficient (Wildman–Crippen LogP) is 3.49. The lowest BCUT2D eigenvalue weighted by atomic mass is 9.76. The Hall–Kier alpha value is -1.97. The van der Waals surface area contributed by atoms with Gasteiger partial charge in [0, 0.05) is 11.1 Å². The summed E-state index contributed by atoms with van der Waals surface area (Å²) >= 11 is 0. The summed E-state index contributed by atoms with van der Waals surface area (Å²) in [5, 5.41) is 2.97. The number of rotatable bonds is 4. The molecule has 1 unspecified atom stereocenters. The van der Waals surface area contributed by atoms with Crippen molar-refractivity contribution in [3.05, 3.63) is 41.7 Å². The number of halogens is 1. The molecule has 1 aromatic rings. The first-order chi connectivity index (χ1) is 10.9. The van der Waals surface area contributed by atoms with Crippen molar-refractivity contribution in [3.8, 4) is 0 Å². The molecule has 3 rings (SSSR count). The highest BCUT2D eigenvalue weighted by molar-refractivity contribution is 6.41. The van der Waals surface area contributed by atoms with Gasteiger partial charge in [-0.2, -0.15) is 0 Å². The van der Waals surface area contributed by atoms with Crippen LogP contribution in [0.15, 0.2) is 30.3 Å². The lowest BCUT2D eigenvalue weighted by Crippen LogP contribution is -2.55. The second kappa shape index (κ2) is 5.59. The Morgan fingerprint density at radius 1 is 1.22 bits per heavy atom. The van der Waals surface area contributed by atoms with Crippen LogP contribution in [0.5, 0.6) is 0 Å². The van der Waals surface area contributed by atoms with Crippen LogP contribution in [0.3, 0.4) is 0 Å². The molecular weight excluding hydrogens is 293 g/mol. The highest BCUT2D eigenvalue weighted by atomic mass is 19.1. The molecule has 1 atom stereocenters. The van der Waals surface area contributed by atoms with Crippen LogP contribution in [0.2, 0.25) is 0 Å². The van der Waals surface area contributed by atoms with Gasteiger partial charge in [0.25, 0.3) is 5.91 Å². The summed E-state index contributed by atoms with van der Waals surface area (Å²) in [4.78, 5) is 24.3. The molecule has 0 saturated heterocycles. The van der Waals surface area contributed by atoms with E-state index >= 15 is 0 Å². The third kappa shape index (κ3) is 2.60. The molecule has 2 saturated carbocycles. The first-order valence-electron chi connectivity index (χ1n) is 8.15. The van der Waals surface area contributed by atoms with Gasteiger partial charge in [0.2, 0.25) is 5.78 Å². The number of ketones is 1. The maximum absolute atomic E-state index is 13.5. The SMILES string of the molecule is CC1(NC(=O)C(=O)/C=C/c2ccccc2F)[C@H]2CC[C@]1(C)CC2. The van der Waals surface area contributed by atoms with Gasteiger partial charge in [-0.3, -0.25) is 9.59 Å². The van der Waals surface area contributed by atoms with E-state index in [0.29, 0.717) is 11.5 Å². The van der Waals surface area contributed by atoms with E-state index in [1.165, 1.54) is 12.1 Å². The molecule has 122 valence electrons. The van der Waals surface area contributed by atoms with Crippen molar-refractivity contribution in [2.24, 2.45) is 11.3 Å². The van der Waals surface area contributed by atoms with Crippen LogP contribution in [0.4, 0.5) is 4.39 Å². The van der Waals surface area contributed by atoms with E-state index in [9.17, 15) is 14.0 Å². The van der Waals surface area contributed by atoms with Crippen LogP contribution in [0, 0.1) is 17.2 Å². The molecule has 1 amide bonds. The van der Waals surface area contributed by atoms with E-state index in [4.69, 9.17) is 0 Å². The molecule has 2 aliphatic rings. The molecule has 0 aliphatic heterocycles. The minimum absolute atomic E-state index is 0.0723. The van der Waals surface area contributed by atoms with E-state index in [1.807, 2.05) is 0 Å². The van der Waals surface area contributed by atoms with Crippen LogP contribution >= 0.6 is 0 Å². The molecule has 1 aromatic carbocycles. The van der Waals surface area contributed by atoms with Crippen LogP contribution in [-0.2, 0) is 9.59 Å². The minimum Gasteiger partial charge on any atom is -0.343 e. The lowest BCUT2D eigenvalue weighted by molar-refractivity contribution is -0.137. The molecule has 2 aliphatic carbocycles. The Morgan fingerprint density at radius 2 is 1.87 bits per heavy atom. The lowest BCUT2D eigenvalue weighted by Gasteiger charge is -2.38. The zero-order chi connectivity index (χ0) is 16.7. The van der Waals surface area contributed by atoms with Gasteiger partial charge < -0.3 is 5.32 Å². The molecule has 0 radical (unpaired) electrons. The molecule has 1 N–H and O–H groups in total. The first kappa shape index (κ1) is 15.9. The third-order valence-corrected chi connectivity index (χ3v) is 6.08. The zero-order valence-corrected chi connectivity index (χ0v) is 13.6. The van der Waals surface area contributed by atoms with E-state index in [1.54, 1.807) is 18.2 Å². The number of benzene rings is 1. The normalized spacial score (nSPS) is 32.4. The average Bonchev–Trinajstić information content (AvgIpc) is 2.90. The fraction of sp³-hybridized carbons (Fsp3) is 0.474. The molecule has 0 heterocycles. The summed E-state index contributed by atoms with van der Waals surface area (Å²) in [7, 11) is 0. The fourth-order valence-electron chi connectivity index (χ4n) is 4.25. The van der Waals surface area contributed by atoms with E-state index < -0.39 is 17.5 Å². The highest BCUT2D eigenvalue weighted by Gasteiger charge is 2.59. The number of fused-ring (bicyclic) bond motifs is 2. The van der Waals surface area contributed by atoms with E-state index in [-0.39, 0.29) is 11.0 Å². The second-order valence-corrected chi connectivity index (χ2v) is 7.21. The number of nitrogens with one attached hydrogen (secondary N) is 1. The standard InChI is InChI=1S/C19H22FNO2/c1-18-11-9-14(10-12-18)19(18,2)21-17(23)16(22)8-7-13-5-3-4-6-15(13)20/h3-8,14H,9-12H2,1-2H3,(H,21,23)/b8-7+/t14-,18+,19?. The summed E-state index contributed by atoms with van der Waals surface area (Å²) in [6, 6.07) is 6.16. The molecule has 0 spiro atoms. The van der Waals surface area contributed by atoms with Crippen molar-refractivity contribution < 1.29 is 14.0 Å². The van der Waals surface area contributed by atoms with Gasteiger partial charge in [0.05, 0.1) is 0 Å². The molecular formula is C19H22FNO2. The van der Waals surface area contributed by atoms with Crippen molar-refractivity contribution in [2.45, 2.75) is 45.1 Å². The Bertz CT molecular complexity index is 674. The summed E-state index contributed by atoms with van der Waals surface area (Å²) < 4.78 is 13.5. The van der Waals surface area contributed by atoms with Gasteiger partial charge in [0.15, 0.2) is 0 Å². The van der Waals surface area contributed by atoms with Gasteiger partial charge in [-0.25, -0.2) is 4.39 Å². The Labute approximate surface area is 136 Å². The van der Waals surface area contributed by atoms with Crippen molar-refractivity contribution >= 4 is 17.8 Å². The van der Waals surface area contributed by atoms with Crippen LogP contribution < -0.4 is 5.32 Å². The number of carbonyl (C=O) groups is 2. The summed E-state index contributed by atoms with van der Waals surface area (Å²) in [6.07, 6.45) is 6.89. The smallest absolute Gasteiger partial charge is 0.292 e. The number of hydrogen-bond acceptors (Lipinski definition) is 2. The number of carbonyl (C=O) groups excluding carboxylic acids is 2. The highest BCUT2D eigenvalue weighted by Crippen LogP contribution is 2.60. The van der Waals surface area contributed by atoms with Gasteiger partial charge in [-0.1, -0.05) is 25.1 Å². The van der Waals surface area contributed by atoms with Crippen molar-refractivity contribution in [1.29, 1.82) is 0 Å². The quantitative estimate of drug-likeness (QED) is 0.683. The zero-order valence-electron chi connectivity index (χ0n) is 13.6. The topological polar surface area (TPSA) is 46.2 Å². The number of amides is 1. The summed E-state index contributed by atoms with van der Waals surface area (Å²) in [5.41, 5.74) is 0.0572. The van der Waals surface area contributed by atoms with Crippen molar-refractivity contribution in [1.82, 2.24) is 5.32 Å². The average molecular weight is 315 g/mol. The van der Waals surface area contributed by atoms with Gasteiger partial charge in [0.1, 0.15) is 5.82 Å². The van der Waals surface area contributed by atoms with E-state index in [0.717, 1.165) is 31.8 Å². The Morgan fingerprint density at radius 3 is 2.43 bits per heavy atom. The summed E-state index contributed by atoms with van der Waals surface area (Å²) in [6.45, 7) is 4.25. The maximum Gasteiger partial charge on any atom is 0.292 e. The largest absolute Gasteiger partial charge is 0.343 e. The molecule has 4 heteroatoms. The molecule has 0 aromatic heterocycles. The minimum atomic E-state index is -0.635. The van der Waals surface area contributed by atoms with Gasteiger partial charge >= 0.3 is 0 Å². The van der Waals surface area contributed by atoms with Gasteiger partial charge in [-0.05, 0) is 62.2 Å². The number of hydrogen-bond donors (Lipinski definition) is 1. The summed E-state index contributed by atoms with van der Waals surface area (Å²) in [5.74, 6) is -1.20. The van der Waals surface area contributed by atoms with Crippen molar-refractivity contribution in [3.63, 3.8) is 0 Å². The van der Waals surface area contributed by atoms with Crippen LogP contribution in [0.1, 0.15) is 45.1 Å². The molecule has 2 bridgehead atoms. The van der Waals surface area contributed by atoms with Crippen LogP contribution in [0.25, 0.3) is 6.08 Å². The molecule has 3 nitrogen and oxygen atoms in total. The van der Waals surface area contributed by atoms with Crippen molar-refractivity contribution in [2.75, 3.05) is 0 Å². The Kier molecular flexibility index (Phi) is 3.86. The Balaban J connectivity index is 1.69. The molecule has 2 fully saturated rings. The second-order valence-electron chi connectivity index (χ2n) is 7.21. The van der Waals surface area contributed by atoms with E-state index in [2.05, 4.69) is 19.2 Å². The predicted molar refractivity (Wildman–Crippen MR) is 87.1 cm³/mol. The monoisotopic (exact) mass is 315 g/mol. The van der Waals surface area contributed by atoms with Crippen LogP contribution in [-0.4, -0.2) is 17.2 Å². The first-order valence-corrected chi connectivity index (χ1v) is 8.15. The molecule has 23 heavy (non-hydrogen) atoms. The fourth-order valence-corrected chi connectivity index (χ4v) is 4.25. The van der Waals surface area contributed by atoms with Gasteiger partial charge in [-0.15, -0.1) is 0 Å².